The van der Waals surface area contributed by atoms with Gasteiger partial charge in [-0.15, -0.1) is 0 Å². The first-order valence-corrected chi connectivity index (χ1v) is 4.67. The molecule has 1 aromatic rings. The lowest BCUT2D eigenvalue weighted by atomic mass is 10.1. The van der Waals surface area contributed by atoms with Gasteiger partial charge in [0.1, 0.15) is 0 Å². The van der Waals surface area contributed by atoms with Crippen LogP contribution in [0.2, 0.25) is 0 Å². The van der Waals surface area contributed by atoms with E-state index in [2.05, 4.69) is 28.5 Å². The highest BCUT2D eigenvalue weighted by atomic mass is 15.1. The number of nitrogens with zero attached hydrogens (tertiary/aromatic N) is 1. The number of aromatic nitrogens is 2. The Kier molecular flexibility index (Phi) is 2.13. The van der Waals surface area contributed by atoms with Crippen molar-refractivity contribution in [1.82, 2.24) is 15.5 Å². The van der Waals surface area contributed by atoms with Crippen LogP contribution in [0, 0.1) is 0 Å². The second kappa shape index (κ2) is 3.27. The van der Waals surface area contributed by atoms with Crippen LogP contribution in [-0.4, -0.2) is 16.7 Å². The van der Waals surface area contributed by atoms with E-state index >= 15 is 0 Å². The summed E-state index contributed by atoms with van der Waals surface area (Å²) in [5, 5.41) is 10.8. The molecule has 0 saturated carbocycles. The van der Waals surface area contributed by atoms with Gasteiger partial charge in [0.05, 0.1) is 11.7 Å². The fraction of sp³-hybridized carbons (Fsp3) is 0.667. The maximum absolute atomic E-state index is 4.28. The molecule has 66 valence electrons. The van der Waals surface area contributed by atoms with Gasteiger partial charge >= 0.3 is 0 Å². The molecule has 12 heavy (non-hydrogen) atoms. The molecule has 1 saturated heterocycles. The van der Waals surface area contributed by atoms with Crippen molar-refractivity contribution in [3.63, 3.8) is 0 Å². The molecule has 1 atom stereocenters. The topological polar surface area (TPSA) is 40.7 Å². The van der Waals surface area contributed by atoms with E-state index in [1.165, 1.54) is 24.2 Å². The Balaban J connectivity index is 2.11. The first-order valence-electron chi connectivity index (χ1n) is 4.67. The Bertz CT molecular complexity index is 248. The monoisotopic (exact) mass is 165 g/mol. The molecule has 2 heterocycles. The minimum Gasteiger partial charge on any atom is -0.309 e. The largest absolute Gasteiger partial charge is 0.309 e. The molecule has 1 aromatic heterocycles. The summed E-state index contributed by atoms with van der Waals surface area (Å²) in [7, 11) is 0. The lowest BCUT2D eigenvalue weighted by molar-refractivity contribution is 0.625. The number of aromatic amines is 1. The summed E-state index contributed by atoms with van der Waals surface area (Å²) < 4.78 is 0. The van der Waals surface area contributed by atoms with Crippen LogP contribution in [0.15, 0.2) is 6.07 Å². The second-order valence-corrected chi connectivity index (χ2v) is 3.32. The second-order valence-electron chi connectivity index (χ2n) is 3.32. The zero-order valence-corrected chi connectivity index (χ0v) is 7.43. The van der Waals surface area contributed by atoms with Crippen LogP contribution in [0.5, 0.6) is 0 Å². The molecule has 1 aliphatic rings. The first kappa shape index (κ1) is 7.80. The molecule has 1 fully saturated rings. The van der Waals surface area contributed by atoms with E-state index in [0.29, 0.717) is 6.04 Å². The SMILES string of the molecule is CCc1cc(C2CCCN2)n[nH]1. The maximum Gasteiger partial charge on any atom is 0.0794 e. The molecule has 0 bridgehead atoms. The van der Waals surface area contributed by atoms with Gasteiger partial charge in [-0.2, -0.15) is 5.10 Å². The standard InChI is InChI=1S/C9H15N3/c1-2-7-6-9(12-11-7)8-4-3-5-10-8/h6,8,10H,2-5H2,1H3,(H,11,12). The van der Waals surface area contributed by atoms with E-state index in [1.54, 1.807) is 0 Å². The third-order valence-electron chi connectivity index (χ3n) is 2.45. The van der Waals surface area contributed by atoms with Crippen LogP contribution >= 0.6 is 0 Å². The van der Waals surface area contributed by atoms with Crippen molar-refractivity contribution in [2.75, 3.05) is 6.54 Å². The Morgan fingerprint density at radius 1 is 1.67 bits per heavy atom. The molecule has 0 spiro atoms. The average Bonchev–Trinajstić information content (AvgIpc) is 2.75. The smallest absolute Gasteiger partial charge is 0.0794 e. The van der Waals surface area contributed by atoms with Gasteiger partial charge in [0.2, 0.25) is 0 Å². The highest BCUT2D eigenvalue weighted by molar-refractivity contribution is 5.13. The van der Waals surface area contributed by atoms with Gasteiger partial charge in [-0.1, -0.05) is 6.92 Å². The lowest BCUT2D eigenvalue weighted by Gasteiger charge is -2.03. The minimum absolute atomic E-state index is 0.501. The van der Waals surface area contributed by atoms with Crippen molar-refractivity contribution in [2.45, 2.75) is 32.2 Å². The van der Waals surface area contributed by atoms with E-state index in [0.717, 1.165) is 13.0 Å². The molecule has 0 aliphatic carbocycles. The fourth-order valence-corrected chi connectivity index (χ4v) is 1.68. The van der Waals surface area contributed by atoms with E-state index in [-0.39, 0.29) is 0 Å². The van der Waals surface area contributed by atoms with Crippen LogP contribution in [0.3, 0.4) is 0 Å². The fourth-order valence-electron chi connectivity index (χ4n) is 1.68. The number of H-pyrrole nitrogens is 1. The van der Waals surface area contributed by atoms with Crippen molar-refractivity contribution in [3.8, 4) is 0 Å². The average molecular weight is 165 g/mol. The summed E-state index contributed by atoms with van der Waals surface area (Å²) in [4.78, 5) is 0. The van der Waals surface area contributed by atoms with Crippen molar-refractivity contribution in [1.29, 1.82) is 0 Å². The predicted molar refractivity (Wildman–Crippen MR) is 47.9 cm³/mol. The molecular formula is C9H15N3. The zero-order valence-electron chi connectivity index (χ0n) is 7.43. The highest BCUT2D eigenvalue weighted by Gasteiger charge is 2.18. The van der Waals surface area contributed by atoms with Crippen molar-refractivity contribution >= 4 is 0 Å². The van der Waals surface area contributed by atoms with Crippen LogP contribution in [0.25, 0.3) is 0 Å². The van der Waals surface area contributed by atoms with Gasteiger partial charge in [-0.3, -0.25) is 5.10 Å². The maximum atomic E-state index is 4.28. The Labute approximate surface area is 72.6 Å². The van der Waals surface area contributed by atoms with Crippen molar-refractivity contribution in [3.05, 3.63) is 17.5 Å². The molecule has 1 aliphatic heterocycles. The molecule has 2 rings (SSSR count). The van der Waals surface area contributed by atoms with Crippen LogP contribution in [0.4, 0.5) is 0 Å². The summed E-state index contributed by atoms with van der Waals surface area (Å²) in [6, 6.07) is 2.67. The summed E-state index contributed by atoms with van der Waals surface area (Å²) in [6.07, 6.45) is 3.55. The summed E-state index contributed by atoms with van der Waals surface area (Å²) in [5.41, 5.74) is 2.42. The molecular weight excluding hydrogens is 150 g/mol. The van der Waals surface area contributed by atoms with Gasteiger partial charge < -0.3 is 5.32 Å². The van der Waals surface area contributed by atoms with Gasteiger partial charge in [0, 0.05) is 5.69 Å². The van der Waals surface area contributed by atoms with Gasteiger partial charge in [-0.05, 0) is 31.9 Å². The molecule has 0 radical (unpaired) electrons. The zero-order chi connectivity index (χ0) is 8.39. The summed E-state index contributed by atoms with van der Waals surface area (Å²) in [5.74, 6) is 0. The predicted octanol–water partition coefficient (Wildman–Crippen LogP) is 1.40. The van der Waals surface area contributed by atoms with Crippen LogP contribution < -0.4 is 5.32 Å². The number of nitrogens with one attached hydrogen (secondary N) is 2. The van der Waals surface area contributed by atoms with E-state index in [9.17, 15) is 0 Å². The Morgan fingerprint density at radius 2 is 2.58 bits per heavy atom. The van der Waals surface area contributed by atoms with Crippen molar-refractivity contribution < 1.29 is 0 Å². The molecule has 0 aromatic carbocycles. The van der Waals surface area contributed by atoms with Crippen LogP contribution in [0.1, 0.15) is 37.2 Å². The first-order chi connectivity index (χ1) is 5.90. The van der Waals surface area contributed by atoms with Gasteiger partial charge in [0.15, 0.2) is 0 Å². The van der Waals surface area contributed by atoms with Crippen molar-refractivity contribution in [2.24, 2.45) is 0 Å². The Morgan fingerprint density at radius 3 is 3.17 bits per heavy atom. The lowest BCUT2D eigenvalue weighted by Crippen LogP contribution is -2.12. The molecule has 1 unspecified atom stereocenters. The number of aryl methyl sites for hydroxylation is 1. The van der Waals surface area contributed by atoms with Gasteiger partial charge in [-0.25, -0.2) is 0 Å². The third-order valence-corrected chi connectivity index (χ3v) is 2.45. The van der Waals surface area contributed by atoms with E-state index in [4.69, 9.17) is 0 Å². The van der Waals surface area contributed by atoms with E-state index < -0.39 is 0 Å². The summed E-state index contributed by atoms with van der Waals surface area (Å²) in [6.45, 7) is 3.28. The third kappa shape index (κ3) is 1.37. The van der Waals surface area contributed by atoms with Gasteiger partial charge in [0.25, 0.3) is 0 Å². The Hall–Kier alpha value is -0.830. The van der Waals surface area contributed by atoms with E-state index in [1.807, 2.05) is 0 Å². The quantitative estimate of drug-likeness (QED) is 0.695. The summed E-state index contributed by atoms with van der Waals surface area (Å²) >= 11 is 0. The van der Waals surface area contributed by atoms with Crippen LogP contribution in [-0.2, 0) is 6.42 Å². The normalized spacial score (nSPS) is 23.2. The molecule has 3 heteroatoms. The minimum atomic E-state index is 0.501. The molecule has 2 N–H and O–H groups in total. The molecule has 0 amide bonds. The molecule has 3 nitrogen and oxygen atoms in total. The number of hydrogen-bond donors (Lipinski definition) is 2. The number of rotatable bonds is 2. The highest BCUT2D eigenvalue weighted by Crippen LogP contribution is 2.21. The number of hydrogen-bond acceptors (Lipinski definition) is 2.